The highest BCUT2D eigenvalue weighted by atomic mass is 127. The summed E-state index contributed by atoms with van der Waals surface area (Å²) in [5.74, 6) is -0.198. The zero-order valence-electron chi connectivity index (χ0n) is 20.9. The zero-order valence-corrected chi connectivity index (χ0v) is 23.9. The first-order chi connectivity index (χ1) is 17.9. The van der Waals surface area contributed by atoms with Crippen molar-refractivity contribution in [2.24, 2.45) is 11.3 Å². The first-order valence-corrected chi connectivity index (χ1v) is 14.7. The number of anilines is 1. The predicted octanol–water partition coefficient (Wildman–Crippen LogP) is 2.16. The van der Waals surface area contributed by atoms with Gasteiger partial charge in [-0.15, -0.1) is 0 Å². The van der Waals surface area contributed by atoms with E-state index in [1.807, 2.05) is 18.4 Å². The number of hydrogen-bond donors (Lipinski definition) is 3. The van der Waals surface area contributed by atoms with E-state index in [9.17, 15) is 13.2 Å². The highest BCUT2D eigenvalue weighted by molar-refractivity contribution is 14.1. The van der Waals surface area contributed by atoms with Gasteiger partial charge >= 0.3 is 0 Å². The van der Waals surface area contributed by atoms with Gasteiger partial charge in [0.25, 0.3) is 10.1 Å². The van der Waals surface area contributed by atoms with Crippen LogP contribution in [-0.2, 0) is 30.8 Å². The maximum absolute atomic E-state index is 13.0. The molecule has 3 heterocycles. The average Bonchev–Trinajstić information content (AvgIpc) is 3.17. The molecule has 12 nitrogen and oxygen atoms in total. The Bertz CT molecular complexity index is 1540. The quantitative estimate of drug-likeness (QED) is 0.196. The molecule has 2 aliphatic carbocycles. The maximum Gasteiger partial charge on any atom is 0.294 e. The van der Waals surface area contributed by atoms with Crippen LogP contribution in [0.4, 0.5) is 5.82 Å². The average molecular weight is 654 g/mol. The molecular formula is C24H27IN6O6S. The summed E-state index contributed by atoms with van der Waals surface area (Å²) in [6, 6.07) is 5.91. The molecule has 0 unspecified atom stereocenters. The van der Waals surface area contributed by atoms with Gasteiger partial charge in [0.2, 0.25) is 5.91 Å². The molecule has 2 aromatic heterocycles. The number of halogens is 1. The van der Waals surface area contributed by atoms with Gasteiger partial charge in [0.15, 0.2) is 26.6 Å². The third kappa shape index (κ3) is 4.08. The molecule has 3 aromatic rings. The molecule has 0 bridgehead atoms. The topological polar surface area (TPSA) is 158 Å². The molecule has 6 rings (SSSR count). The smallest absolute Gasteiger partial charge is 0.294 e. The van der Waals surface area contributed by atoms with Crippen molar-refractivity contribution in [2.75, 3.05) is 18.9 Å². The third-order valence-electron chi connectivity index (χ3n) is 7.74. The molecule has 1 aromatic carbocycles. The molecule has 1 aliphatic heterocycles. The Kier molecular flexibility index (Phi) is 5.99. The van der Waals surface area contributed by atoms with Gasteiger partial charge in [-0.3, -0.25) is 9.35 Å². The van der Waals surface area contributed by atoms with E-state index < -0.39 is 21.3 Å². The van der Waals surface area contributed by atoms with E-state index in [0.717, 1.165) is 5.56 Å². The van der Waals surface area contributed by atoms with E-state index in [1.54, 1.807) is 25.5 Å². The highest BCUT2D eigenvalue weighted by Gasteiger charge is 2.79. The fourth-order valence-electron chi connectivity index (χ4n) is 6.08. The molecule has 0 radical (unpaired) electrons. The molecule has 202 valence electrons. The molecular weight excluding hydrogens is 627 g/mol. The Morgan fingerprint density at radius 2 is 1.97 bits per heavy atom. The van der Waals surface area contributed by atoms with Crippen LogP contribution in [0.5, 0.6) is 0 Å². The van der Waals surface area contributed by atoms with Gasteiger partial charge in [-0.05, 0) is 44.4 Å². The number of aromatic nitrogens is 4. The van der Waals surface area contributed by atoms with Crippen molar-refractivity contribution < 1.29 is 27.2 Å². The lowest BCUT2D eigenvalue weighted by Gasteiger charge is -2.24. The predicted molar refractivity (Wildman–Crippen MR) is 144 cm³/mol. The molecule has 3 N–H and O–H groups in total. The number of ether oxygens (including phenoxy) is 2. The van der Waals surface area contributed by atoms with Crippen LogP contribution in [0.15, 0.2) is 35.5 Å². The number of imidazole rings is 1. The summed E-state index contributed by atoms with van der Waals surface area (Å²) < 4.78 is 46.8. The van der Waals surface area contributed by atoms with Crippen LogP contribution in [-0.4, -0.2) is 70.0 Å². The number of rotatable bonds is 7. The lowest BCUT2D eigenvalue weighted by molar-refractivity contribution is -0.164. The Hall–Kier alpha value is -2.40. The third-order valence-corrected chi connectivity index (χ3v) is 9.09. The summed E-state index contributed by atoms with van der Waals surface area (Å²) >= 11 is 2.07. The summed E-state index contributed by atoms with van der Waals surface area (Å²) in [6.07, 6.45) is 2.38. The summed E-state index contributed by atoms with van der Waals surface area (Å²) in [5.41, 5.74) is 1.54. The van der Waals surface area contributed by atoms with Gasteiger partial charge in [-0.1, -0.05) is 12.1 Å². The largest absolute Gasteiger partial charge is 0.368 e. The van der Waals surface area contributed by atoms with E-state index in [2.05, 4.69) is 48.2 Å². The number of carbonyl (C=O) groups excluding carboxylic acids is 1. The highest BCUT2D eigenvalue weighted by Crippen LogP contribution is 2.71. The van der Waals surface area contributed by atoms with Crippen molar-refractivity contribution in [1.82, 2.24) is 24.8 Å². The molecule has 1 amide bonds. The first kappa shape index (κ1) is 25.9. The van der Waals surface area contributed by atoms with E-state index >= 15 is 0 Å². The Morgan fingerprint density at radius 1 is 1.24 bits per heavy atom. The molecule has 2 saturated carbocycles. The van der Waals surface area contributed by atoms with Crippen LogP contribution in [0.2, 0.25) is 0 Å². The summed E-state index contributed by atoms with van der Waals surface area (Å²) in [6.45, 7) is 4.25. The van der Waals surface area contributed by atoms with Crippen molar-refractivity contribution >= 4 is 55.6 Å². The lowest BCUT2D eigenvalue weighted by Crippen LogP contribution is -2.40. The van der Waals surface area contributed by atoms with Crippen LogP contribution < -0.4 is 10.6 Å². The molecule has 38 heavy (non-hydrogen) atoms. The fraction of sp³-hybridized carbons (Fsp3) is 0.500. The van der Waals surface area contributed by atoms with E-state index in [-0.39, 0.29) is 35.0 Å². The van der Waals surface area contributed by atoms with Crippen molar-refractivity contribution in [2.45, 2.75) is 55.6 Å². The zero-order chi connectivity index (χ0) is 27.0. The van der Waals surface area contributed by atoms with Gasteiger partial charge in [0.1, 0.15) is 12.2 Å². The van der Waals surface area contributed by atoms with Crippen LogP contribution in [0.25, 0.3) is 11.2 Å². The van der Waals surface area contributed by atoms with Crippen LogP contribution in [0.3, 0.4) is 0 Å². The maximum atomic E-state index is 13.0. The number of fused-ring (bicyclic) bond motifs is 4. The standard InChI is InChI=1S/C24H27IN6O6S/c1-23(2)36-17-16(14-10-24(14,18(17)37-23)21(32)26-3)31-11-28-15-19(29-22(25)30-20(15)31)27-9-8-12-4-6-13(7-5-12)38(33,34)35/h4-7,11,14,16-18H,8-10H2,1-3H3,(H,26,32)(H,27,29,30)(H,33,34,35)/t14-,16-,17+,18+,24+/m1/s1. The second-order valence-electron chi connectivity index (χ2n) is 10.4. The number of carbonyl (C=O) groups is 1. The van der Waals surface area contributed by atoms with Gasteiger partial charge < -0.3 is 24.7 Å². The summed E-state index contributed by atoms with van der Waals surface area (Å²) in [4.78, 5) is 26.7. The van der Waals surface area contributed by atoms with E-state index in [1.165, 1.54) is 12.1 Å². The molecule has 3 fully saturated rings. The Labute approximate surface area is 232 Å². The van der Waals surface area contributed by atoms with E-state index in [4.69, 9.17) is 14.0 Å². The Morgan fingerprint density at radius 3 is 2.66 bits per heavy atom. The van der Waals surface area contributed by atoms with Gasteiger partial charge in [-0.2, -0.15) is 8.42 Å². The van der Waals surface area contributed by atoms with Crippen LogP contribution >= 0.6 is 22.6 Å². The van der Waals surface area contributed by atoms with Gasteiger partial charge in [0, 0.05) is 42.1 Å². The van der Waals surface area contributed by atoms with Gasteiger partial charge in [-0.25, -0.2) is 15.0 Å². The number of nitrogens with one attached hydrogen (secondary N) is 2. The summed E-state index contributed by atoms with van der Waals surface area (Å²) in [7, 11) is -2.57. The minimum absolute atomic E-state index is 0.0260. The second kappa shape index (κ2) is 8.81. The minimum Gasteiger partial charge on any atom is -0.368 e. The second-order valence-corrected chi connectivity index (χ2v) is 12.8. The van der Waals surface area contributed by atoms with Crippen molar-refractivity contribution in [3.05, 3.63) is 40.0 Å². The SMILES string of the molecule is CNC(=O)[C@@]12C[C@@H]1[C@@H](n1cnc3c(NCCc4ccc(S(=O)(=O)O)cc4)nc(I)nc31)[C@@H]1OC(C)(C)O[C@@H]12. The molecule has 1 saturated heterocycles. The number of nitrogens with zero attached hydrogens (tertiary/aromatic N) is 4. The fourth-order valence-corrected chi connectivity index (χ4v) is 7.03. The first-order valence-electron chi connectivity index (χ1n) is 12.2. The van der Waals surface area contributed by atoms with Crippen LogP contribution in [0, 0.1) is 15.2 Å². The van der Waals surface area contributed by atoms with Crippen molar-refractivity contribution in [3.8, 4) is 0 Å². The Balaban J connectivity index is 1.26. The van der Waals surface area contributed by atoms with Gasteiger partial charge in [0.05, 0.1) is 22.7 Å². The number of benzene rings is 1. The van der Waals surface area contributed by atoms with E-state index in [0.29, 0.717) is 40.2 Å². The van der Waals surface area contributed by atoms with Crippen molar-refractivity contribution in [1.29, 1.82) is 0 Å². The number of hydrogen-bond acceptors (Lipinski definition) is 9. The molecule has 0 spiro atoms. The normalized spacial score (nSPS) is 29.2. The van der Waals surface area contributed by atoms with Crippen molar-refractivity contribution in [3.63, 3.8) is 0 Å². The van der Waals surface area contributed by atoms with Crippen LogP contribution in [0.1, 0.15) is 31.9 Å². The molecule has 14 heteroatoms. The minimum atomic E-state index is -4.22. The molecule has 3 aliphatic rings. The monoisotopic (exact) mass is 654 g/mol. The number of amides is 1. The molecule has 5 atom stereocenters. The summed E-state index contributed by atoms with van der Waals surface area (Å²) in [5, 5.41) is 6.14. The lowest BCUT2D eigenvalue weighted by atomic mass is 9.98.